The van der Waals surface area contributed by atoms with Crippen molar-refractivity contribution >= 4 is 21.6 Å². The molecule has 0 atom stereocenters. The molecule has 0 aliphatic rings. The Morgan fingerprint density at radius 1 is 1.29 bits per heavy atom. The molecule has 0 radical (unpaired) electrons. The van der Waals surface area contributed by atoms with Crippen LogP contribution in [-0.4, -0.2) is 6.61 Å². The van der Waals surface area contributed by atoms with Crippen LogP contribution in [0.1, 0.15) is 11.1 Å². The largest absolute Gasteiger partial charge is 0.489 e. The molecule has 0 unspecified atom stereocenters. The monoisotopic (exact) mass is 342 g/mol. The highest BCUT2D eigenvalue weighted by Crippen LogP contribution is 2.25. The normalized spacial score (nSPS) is 9.71. The van der Waals surface area contributed by atoms with E-state index in [4.69, 9.17) is 10.00 Å². The summed E-state index contributed by atoms with van der Waals surface area (Å²) < 4.78 is 6.50. The van der Waals surface area contributed by atoms with E-state index in [0.29, 0.717) is 18.7 Å². The van der Waals surface area contributed by atoms with Crippen LogP contribution in [0.15, 0.2) is 59.6 Å². The Kier molecular flexibility index (Phi) is 5.42. The summed E-state index contributed by atoms with van der Waals surface area (Å²) >= 11 is 3.46. The molecule has 0 saturated carbocycles. The van der Waals surface area contributed by atoms with E-state index >= 15 is 0 Å². The first-order valence-corrected chi connectivity index (χ1v) is 7.29. The second-order valence-corrected chi connectivity index (χ2v) is 5.22. The molecule has 0 heterocycles. The molecule has 1 N–H and O–H groups in total. The zero-order chi connectivity index (χ0) is 15.1. The molecule has 0 saturated heterocycles. The predicted octanol–water partition coefficient (Wildman–Crippen LogP) is 4.50. The molecule has 0 fully saturated rings. The van der Waals surface area contributed by atoms with Crippen molar-refractivity contribution < 1.29 is 4.74 Å². The van der Waals surface area contributed by atoms with Gasteiger partial charge in [-0.1, -0.05) is 30.9 Å². The average Bonchev–Trinajstić information content (AvgIpc) is 2.52. The van der Waals surface area contributed by atoms with Crippen molar-refractivity contribution in [2.24, 2.45) is 0 Å². The first kappa shape index (κ1) is 15.1. The number of halogens is 1. The van der Waals surface area contributed by atoms with Gasteiger partial charge in [0.2, 0.25) is 0 Å². The first-order valence-electron chi connectivity index (χ1n) is 6.49. The van der Waals surface area contributed by atoms with Crippen LogP contribution in [0.3, 0.4) is 0 Å². The Bertz CT molecular complexity index is 677. The standard InChI is InChI=1S/C17H15BrN2O/c1-2-9-21-17-6-4-3-5-14(17)12-20-16-8-7-13(11-19)10-15(16)18/h2-8,10,20H,1,9,12H2. The van der Waals surface area contributed by atoms with Crippen LogP contribution in [0.4, 0.5) is 5.69 Å². The number of rotatable bonds is 6. The fraction of sp³-hybridized carbons (Fsp3) is 0.118. The average molecular weight is 343 g/mol. The lowest BCUT2D eigenvalue weighted by molar-refractivity contribution is 0.359. The number of benzene rings is 2. The minimum absolute atomic E-state index is 0.484. The highest BCUT2D eigenvalue weighted by atomic mass is 79.9. The zero-order valence-corrected chi connectivity index (χ0v) is 13.1. The van der Waals surface area contributed by atoms with Gasteiger partial charge in [-0.05, 0) is 40.2 Å². The summed E-state index contributed by atoms with van der Waals surface area (Å²) in [6, 6.07) is 15.5. The molecular formula is C17H15BrN2O. The van der Waals surface area contributed by atoms with Crippen LogP contribution >= 0.6 is 15.9 Å². The van der Waals surface area contributed by atoms with Crippen LogP contribution in [0.5, 0.6) is 5.75 Å². The number of nitrogens with zero attached hydrogens (tertiary/aromatic N) is 1. The molecule has 21 heavy (non-hydrogen) atoms. The zero-order valence-electron chi connectivity index (χ0n) is 11.5. The van der Waals surface area contributed by atoms with Crippen LogP contribution in [0.25, 0.3) is 0 Å². The van der Waals surface area contributed by atoms with Crippen LogP contribution < -0.4 is 10.1 Å². The second kappa shape index (κ2) is 7.51. The fourth-order valence-corrected chi connectivity index (χ4v) is 2.38. The quantitative estimate of drug-likeness (QED) is 0.786. The first-order chi connectivity index (χ1) is 10.2. The molecule has 0 aliphatic carbocycles. The van der Waals surface area contributed by atoms with Gasteiger partial charge in [0.15, 0.2) is 0 Å². The van der Waals surface area contributed by atoms with Crippen LogP contribution in [0.2, 0.25) is 0 Å². The van der Waals surface area contributed by atoms with Gasteiger partial charge in [-0.3, -0.25) is 0 Å². The summed E-state index contributed by atoms with van der Waals surface area (Å²) in [5.74, 6) is 0.842. The molecule has 2 rings (SSSR count). The maximum atomic E-state index is 8.86. The van der Waals surface area contributed by atoms with Gasteiger partial charge in [0, 0.05) is 22.3 Å². The topological polar surface area (TPSA) is 45.0 Å². The van der Waals surface area contributed by atoms with Crippen molar-refractivity contribution in [1.29, 1.82) is 5.26 Å². The summed E-state index contributed by atoms with van der Waals surface area (Å²) in [6.07, 6.45) is 1.72. The summed E-state index contributed by atoms with van der Waals surface area (Å²) in [6.45, 7) is 4.77. The predicted molar refractivity (Wildman–Crippen MR) is 88.3 cm³/mol. The Hall–Kier alpha value is -2.25. The number of para-hydroxylation sites is 1. The van der Waals surface area contributed by atoms with E-state index in [0.717, 1.165) is 21.5 Å². The van der Waals surface area contributed by atoms with Crippen molar-refractivity contribution in [3.8, 4) is 11.8 Å². The number of anilines is 1. The van der Waals surface area contributed by atoms with Gasteiger partial charge in [0.1, 0.15) is 12.4 Å². The Morgan fingerprint density at radius 3 is 2.81 bits per heavy atom. The Morgan fingerprint density at radius 2 is 2.10 bits per heavy atom. The maximum absolute atomic E-state index is 8.86. The van der Waals surface area contributed by atoms with Crippen molar-refractivity contribution in [1.82, 2.24) is 0 Å². The molecule has 0 aliphatic heterocycles. The third kappa shape index (κ3) is 4.11. The van der Waals surface area contributed by atoms with Gasteiger partial charge < -0.3 is 10.1 Å². The van der Waals surface area contributed by atoms with E-state index < -0.39 is 0 Å². The molecule has 2 aromatic rings. The minimum atomic E-state index is 0.484. The maximum Gasteiger partial charge on any atom is 0.124 e. The van der Waals surface area contributed by atoms with E-state index in [9.17, 15) is 0 Å². The summed E-state index contributed by atoms with van der Waals surface area (Å²) in [7, 11) is 0. The number of hydrogen-bond acceptors (Lipinski definition) is 3. The smallest absolute Gasteiger partial charge is 0.124 e. The minimum Gasteiger partial charge on any atom is -0.489 e. The van der Waals surface area contributed by atoms with E-state index in [1.807, 2.05) is 30.3 Å². The van der Waals surface area contributed by atoms with Gasteiger partial charge in [-0.15, -0.1) is 0 Å². The fourth-order valence-electron chi connectivity index (χ4n) is 1.86. The lowest BCUT2D eigenvalue weighted by Crippen LogP contribution is -2.04. The van der Waals surface area contributed by atoms with Gasteiger partial charge in [-0.2, -0.15) is 5.26 Å². The second-order valence-electron chi connectivity index (χ2n) is 4.37. The van der Waals surface area contributed by atoms with Gasteiger partial charge >= 0.3 is 0 Å². The van der Waals surface area contributed by atoms with E-state index in [1.165, 1.54) is 0 Å². The van der Waals surface area contributed by atoms with E-state index in [2.05, 4.69) is 33.9 Å². The van der Waals surface area contributed by atoms with Gasteiger partial charge in [-0.25, -0.2) is 0 Å². The number of nitriles is 1. The van der Waals surface area contributed by atoms with E-state index in [1.54, 1.807) is 18.2 Å². The van der Waals surface area contributed by atoms with Crippen molar-refractivity contribution in [2.45, 2.75) is 6.54 Å². The molecule has 0 bridgehead atoms. The molecule has 0 aromatic heterocycles. The number of ether oxygens (including phenoxy) is 1. The van der Waals surface area contributed by atoms with Gasteiger partial charge in [0.25, 0.3) is 0 Å². The van der Waals surface area contributed by atoms with Crippen molar-refractivity contribution in [3.63, 3.8) is 0 Å². The van der Waals surface area contributed by atoms with Gasteiger partial charge in [0.05, 0.1) is 11.6 Å². The highest BCUT2D eigenvalue weighted by Gasteiger charge is 2.05. The third-order valence-corrected chi connectivity index (χ3v) is 3.55. The molecule has 4 heteroatoms. The van der Waals surface area contributed by atoms with E-state index in [-0.39, 0.29) is 0 Å². The summed E-state index contributed by atoms with van der Waals surface area (Å²) in [5, 5.41) is 12.2. The molecule has 3 nitrogen and oxygen atoms in total. The number of hydrogen-bond donors (Lipinski definition) is 1. The Labute approximate surface area is 133 Å². The van der Waals surface area contributed by atoms with Crippen LogP contribution in [0, 0.1) is 11.3 Å². The summed E-state index contributed by atoms with van der Waals surface area (Å²) in [4.78, 5) is 0. The highest BCUT2D eigenvalue weighted by molar-refractivity contribution is 9.10. The lowest BCUT2D eigenvalue weighted by Gasteiger charge is -2.13. The third-order valence-electron chi connectivity index (χ3n) is 2.90. The molecule has 0 amide bonds. The SMILES string of the molecule is C=CCOc1ccccc1CNc1ccc(C#N)cc1Br. The molecule has 106 valence electrons. The van der Waals surface area contributed by atoms with Crippen molar-refractivity contribution in [2.75, 3.05) is 11.9 Å². The van der Waals surface area contributed by atoms with Crippen LogP contribution in [-0.2, 0) is 6.54 Å². The Balaban J connectivity index is 2.09. The van der Waals surface area contributed by atoms with Crippen molar-refractivity contribution in [3.05, 3.63) is 70.7 Å². The summed E-state index contributed by atoms with van der Waals surface area (Å²) in [5.41, 5.74) is 2.63. The number of nitrogens with one attached hydrogen (secondary N) is 1. The molecule has 2 aromatic carbocycles. The lowest BCUT2D eigenvalue weighted by atomic mass is 10.2. The molecule has 0 spiro atoms. The molecular weight excluding hydrogens is 328 g/mol.